The quantitative estimate of drug-likeness (QED) is 0.0350. The molecule has 6 heterocycles. The van der Waals surface area contributed by atoms with Crippen LogP contribution < -0.4 is 65.6 Å². The van der Waals surface area contributed by atoms with Gasteiger partial charge in [-0.05, 0) is 73.6 Å². The van der Waals surface area contributed by atoms with Gasteiger partial charge >= 0.3 is 53.7 Å². The number of aliphatic hydroxyl groups is 1. The maximum atomic E-state index is 13.0. The Morgan fingerprint density at radius 3 is 1.43 bits per heavy atom. The number of piperazine rings is 2. The van der Waals surface area contributed by atoms with Gasteiger partial charge in [-0.2, -0.15) is 9.97 Å². The molecule has 33 heteroatoms. The Kier molecular flexibility index (Phi) is 34.1. The molecule has 0 saturated carbocycles. The molecule has 6 aromatic rings. The van der Waals surface area contributed by atoms with Crippen molar-refractivity contribution in [2.24, 2.45) is 0 Å². The van der Waals surface area contributed by atoms with Crippen LogP contribution in [0.2, 0.25) is 0 Å². The summed E-state index contributed by atoms with van der Waals surface area (Å²) in [5.41, 5.74) is 0.926. The fraction of sp³-hybridized carbons (Fsp3) is 0.450. The minimum Gasteiger partial charge on any atom is -0.793 e. The Bertz CT molecular complexity index is 3310. The third-order valence-electron chi connectivity index (χ3n) is 11.7. The molecule has 2 aromatic carbocycles. The van der Waals surface area contributed by atoms with Gasteiger partial charge in [0.2, 0.25) is 29.5 Å². The Morgan fingerprint density at radius 1 is 0.624 bits per heavy atom. The smallest absolute Gasteiger partial charge is 0.793 e. The van der Waals surface area contributed by atoms with Crippen LogP contribution in [0.4, 0.5) is 31.5 Å². The number of benzene rings is 2. The number of likely N-dealkylation sites (N-methyl/N-ethyl adjacent to an activating group) is 1. The molecule has 4 aromatic heterocycles. The van der Waals surface area contributed by atoms with Crippen LogP contribution in [0.25, 0.3) is 20.9 Å². The number of carbonyl (C=O) groups is 7. The first-order valence-electron chi connectivity index (χ1n) is 28.8. The third kappa shape index (κ3) is 30.0. The Labute approximate surface area is 572 Å². The number of amides is 4. The molecule has 2 saturated heterocycles. The molecule has 2 fully saturated rings. The van der Waals surface area contributed by atoms with Crippen molar-refractivity contribution in [2.45, 2.75) is 99.4 Å². The SMILES string of the molecule is CC(=O)OOC(C)=O.CO.Cc1nc(Nc2ncc(-c3ccccc3)s2)cc(OCCNC(=O)[C@@H]2CN(C)CCN2C(=O)OC(C)(C)C)n1.Cc1nc(Nc2ncc(-c3ccccc3)s2)cc(OCCNC(=O)[C@@H]2CNCCN2C(=O)OC(C)(C)C)n1.[B-]OC(C)=O.[Na+]. The van der Waals surface area contributed by atoms with Crippen molar-refractivity contribution in [3.63, 3.8) is 0 Å². The fourth-order valence-electron chi connectivity index (χ4n) is 7.88. The maximum absolute atomic E-state index is 13.0. The molecule has 2 atom stereocenters. The Morgan fingerprint density at radius 2 is 1.03 bits per heavy atom. The average molecular weight is 1340 g/mol. The average Bonchev–Trinajstić information content (AvgIpc) is 1.28. The summed E-state index contributed by atoms with van der Waals surface area (Å²) in [6.07, 6.45) is 2.66. The molecule has 0 bridgehead atoms. The van der Waals surface area contributed by atoms with E-state index in [0.29, 0.717) is 84.6 Å². The number of anilines is 4. The minimum absolute atomic E-state index is 0. The molecule has 8 rings (SSSR count). The summed E-state index contributed by atoms with van der Waals surface area (Å²) in [6, 6.07) is 22.2. The number of rotatable bonds is 16. The monoisotopic (exact) mass is 1340 g/mol. The van der Waals surface area contributed by atoms with Crippen LogP contribution in [-0.4, -0.2) is 203 Å². The maximum Gasteiger partial charge on any atom is 1.00 e. The second kappa shape index (κ2) is 40.1. The van der Waals surface area contributed by atoms with Crippen molar-refractivity contribution in [2.75, 3.05) is 90.4 Å². The predicted molar refractivity (Wildman–Crippen MR) is 345 cm³/mol. The van der Waals surface area contributed by atoms with Gasteiger partial charge in [0.05, 0.1) is 22.8 Å². The summed E-state index contributed by atoms with van der Waals surface area (Å²) in [5, 5.41) is 23.7. The summed E-state index contributed by atoms with van der Waals surface area (Å²) in [7, 11) is 7.25. The van der Waals surface area contributed by atoms with E-state index >= 15 is 0 Å². The number of nitrogens with zero attached hydrogens (tertiary/aromatic N) is 9. The predicted octanol–water partition coefficient (Wildman–Crippen LogP) is 3.33. The van der Waals surface area contributed by atoms with Gasteiger partial charge in [0, 0.05) is 91.7 Å². The van der Waals surface area contributed by atoms with Crippen molar-refractivity contribution in [1.82, 2.24) is 60.6 Å². The molecule has 3 radical (unpaired) electrons. The second-order valence-corrected chi connectivity index (χ2v) is 23.8. The van der Waals surface area contributed by atoms with E-state index in [-0.39, 0.29) is 67.7 Å². The second-order valence-electron chi connectivity index (χ2n) is 21.7. The third-order valence-corrected chi connectivity index (χ3v) is 13.6. The van der Waals surface area contributed by atoms with E-state index in [9.17, 15) is 33.6 Å². The molecule has 4 amide bonds. The number of nitrogens with one attached hydrogen (secondary N) is 5. The fourth-order valence-corrected chi connectivity index (χ4v) is 9.54. The Balaban J connectivity index is 0.000000395. The van der Waals surface area contributed by atoms with E-state index in [0.717, 1.165) is 41.8 Å². The van der Waals surface area contributed by atoms with Crippen LogP contribution in [0.3, 0.4) is 0 Å². The zero-order chi connectivity index (χ0) is 68.0. The molecule has 6 N–H and O–H groups in total. The van der Waals surface area contributed by atoms with Crippen molar-refractivity contribution < 1.29 is 102 Å². The number of aryl methyl sites for hydroxylation is 2. The normalized spacial score (nSPS) is 14.2. The summed E-state index contributed by atoms with van der Waals surface area (Å²) >= 11 is 3.05. The van der Waals surface area contributed by atoms with E-state index in [1.54, 1.807) is 46.8 Å². The first-order chi connectivity index (χ1) is 43.6. The summed E-state index contributed by atoms with van der Waals surface area (Å²) < 4.78 is 26.2. The number of hydrogen-bond donors (Lipinski definition) is 6. The van der Waals surface area contributed by atoms with E-state index in [4.69, 9.17) is 24.1 Å². The molecule has 29 nitrogen and oxygen atoms in total. The van der Waals surface area contributed by atoms with Gasteiger partial charge in [0.1, 0.15) is 59.8 Å². The standard InChI is InChI=1S/C27H35N7O4S.C26H33N7O4S.C4H6O4.C2H3BO2.CH4O.Na/c1-18-30-22(32-25-29-16-21(39-25)19-9-7-6-8-10-19)15-23(31-18)37-14-11-28-24(35)20-17-33(5)12-13-34(20)26(36)38-27(2,3)4;1-17-30-21(32-24-29-16-20(38-24)18-8-6-5-7-9-18)14-22(31-17)36-13-11-28-23(34)19-15-27-10-12-33(19)25(35)37-26(2,3)4;1-3(5)7-8-4(2)6;1-2(4)5-3;1-2;/h6-10,15-16,20H,11-14,17H2,1-5H3,(H,28,35)(H,29,30,31,32);5-9,14,16,19,27H,10-13,15H2,1-4H3,(H,28,34)(H,29,30,31,32);1-2H3;1H3;2H,1H3;/q;;;-1;;+1/t20-;19-;;;;/m00..../s1. The van der Waals surface area contributed by atoms with E-state index in [1.807, 2.05) is 106 Å². The molecule has 0 spiro atoms. The van der Waals surface area contributed by atoms with Gasteiger partial charge in [-0.1, -0.05) is 83.3 Å². The largest absolute Gasteiger partial charge is 1.00 e. The first kappa shape index (κ1) is 79.1. The van der Waals surface area contributed by atoms with Crippen LogP contribution in [-0.2, 0) is 47.9 Å². The van der Waals surface area contributed by atoms with Crippen LogP contribution in [0.15, 0.2) is 85.2 Å². The summed E-state index contributed by atoms with van der Waals surface area (Å²) in [5.74, 6) is 0.690. The first-order valence-corrected chi connectivity index (χ1v) is 30.4. The minimum atomic E-state index is -0.658. The van der Waals surface area contributed by atoms with Crippen molar-refractivity contribution in [3.8, 4) is 32.6 Å². The van der Waals surface area contributed by atoms with Crippen molar-refractivity contribution >= 4 is 94.5 Å². The van der Waals surface area contributed by atoms with Gasteiger partial charge < -0.3 is 68.2 Å². The van der Waals surface area contributed by atoms with Crippen LogP contribution in [0, 0.1) is 13.8 Å². The molecule has 497 valence electrons. The van der Waals surface area contributed by atoms with Gasteiger partial charge in [0.25, 0.3) is 0 Å². The van der Waals surface area contributed by atoms with Crippen molar-refractivity contribution in [1.29, 1.82) is 0 Å². The Hall–Kier alpha value is -8.11. The van der Waals surface area contributed by atoms with Crippen LogP contribution in [0.5, 0.6) is 11.8 Å². The molecular weight excluding hydrogens is 1250 g/mol. The van der Waals surface area contributed by atoms with Crippen LogP contribution in [0.1, 0.15) is 74.0 Å². The molecule has 0 unspecified atom stereocenters. The molecule has 2 aliphatic heterocycles. The number of ether oxygens (including phenoxy) is 4. The summed E-state index contributed by atoms with van der Waals surface area (Å²) in [6.45, 7) is 21.7. The van der Waals surface area contributed by atoms with E-state index < -0.39 is 53.4 Å². The van der Waals surface area contributed by atoms with Gasteiger partial charge in [-0.3, -0.25) is 24.2 Å². The molecule has 0 aliphatic carbocycles. The summed E-state index contributed by atoms with van der Waals surface area (Å²) in [4.78, 5) is 121. The van der Waals surface area contributed by atoms with E-state index in [1.165, 1.54) is 39.4 Å². The van der Waals surface area contributed by atoms with Crippen LogP contribution >= 0.6 is 22.7 Å². The zero-order valence-corrected chi connectivity index (χ0v) is 58.5. The van der Waals surface area contributed by atoms with Gasteiger partial charge in [-0.15, -0.1) is 0 Å². The number of thiazole rings is 2. The van der Waals surface area contributed by atoms with Gasteiger partial charge in [0.15, 0.2) is 10.3 Å². The number of hydrogen-bond acceptors (Lipinski definition) is 27. The molecular formula is C60H81BN14NaO15S2. The van der Waals surface area contributed by atoms with Gasteiger partial charge in [-0.25, -0.2) is 48.9 Å². The molecule has 2 aliphatic rings. The molecule has 93 heavy (non-hydrogen) atoms. The number of aliphatic hydroxyl groups excluding tert-OH is 1. The zero-order valence-electron chi connectivity index (χ0n) is 54.9. The number of carbonyl (C=O) groups excluding carboxylic acids is 7. The van der Waals surface area contributed by atoms with Crippen molar-refractivity contribution in [3.05, 3.63) is 96.8 Å². The topological polar surface area (TPSA) is 352 Å². The van der Waals surface area contributed by atoms with E-state index in [2.05, 4.69) is 79.0 Å². The number of aromatic nitrogens is 6.